The van der Waals surface area contributed by atoms with Crippen LogP contribution in [0, 0.1) is 10.8 Å². The Morgan fingerprint density at radius 1 is 0.392 bits per heavy atom. The van der Waals surface area contributed by atoms with Crippen LogP contribution in [0.4, 0.5) is 0 Å². The zero-order valence-corrected chi connectivity index (χ0v) is 47.7. The molecular formula is C55H108O24. The van der Waals surface area contributed by atoms with Crippen LogP contribution in [-0.2, 0) is 37.9 Å². The molecule has 16 unspecified atom stereocenters. The summed E-state index contributed by atoms with van der Waals surface area (Å²) in [4.78, 5) is 0. The van der Waals surface area contributed by atoms with Gasteiger partial charge in [0.2, 0.25) is 25.2 Å². The molecule has 79 heavy (non-hydrogen) atoms. The SMILES string of the molecule is CCCCCCCCCCCC(CCCC(CCCCCCCCCCC)(COC(OC(CO)[C@H](C)O)C(O)O)COC1OC(CO)C(O)C(O)C1O)(COC(OC(CO)[C@H](C)O)C(O)O)COC1OC(CO)C(O)C(O)C1O. The molecule has 2 aliphatic rings. The molecule has 16 N–H and O–H groups in total. The van der Waals surface area contributed by atoms with Crippen LogP contribution in [0.25, 0.3) is 0 Å². The molecule has 2 saturated heterocycles. The Bertz CT molecular complexity index is 1360. The molecule has 0 amide bonds. The summed E-state index contributed by atoms with van der Waals surface area (Å²) < 4.78 is 47.8. The predicted octanol–water partition coefficient (Wildman–Crippen LogP) is 0.428. The normalized spacial score (nSPS) is 27.9. The smallest absolute Gasteiger partial charge is 0.209 e. The van der Waals surface area contributed by atoms with Gasteiger partial charge in [-0.1, -0.05) is 136 Å². The molecule has 0 radical (unpaired) electrons. The Morgan fingerprint density at radius 3 is 0.975 bits per heavy atom. The maximum Gasteiger partial charge on any atom is 0.209 e. The van der Waals surface area contributed by atoms with E-state index in [-0.39, 0.29) is 45.7 Å². The summed E-state index contributed by atoms with van der Waals surface area (Å²) in [6.07, 6.45) is -11.0. The maximum atomic E-state index is 11.1. The molecule has 2 aliphatic heterocycles. The first-order chi connectivity index (χ1) is 37.7. The van der Waals surface area contributed by atoms with Crippen LogP contribution in [0.15, 0.2) is 0 Å². The van der Waals surface area contributed by atoms with E-state index < -0.39 is 148 Å². The van der Waals surface area contributed by atoms with Gasteiger partial charge in [-0.25, -0.2) is 0 Å². The second-order valence-corrected chi connectivity index (χ2v) is 22.4. The number of hydrogen-bond donors (Lipinski definition) is 16. The number of aliphatic hydroxyl groups is 16. The summed E-state index contributed by atoms with van der Waals surface area (Å²) >= 11 is 0. The van der Waals surface area contributed by atoms with Crippen molar-refractivity contribution in [1.82, 2.24) is 0 Å². The number of unbranched alkanes of at least 4 members (excludes halogenated alkanes) is 16. The van der Waals surface area contributed by atoms with E-state index >= 15 is 0 Å². The van der Waals surface area contributed by atoms with Crippen LogP contribution in [0.2, 0.25) is 0 Å². The van der Waals surface area contributed by atoms with Crippen LogP contribution in [0.5, 0.6) is 0 Å². The van der Waals surface area contributed by atoms with E-state index in [4.69, 9.17) is 37.9 Å². The topological polar surface area (TPSA) is 398 Å². The van der Waals surface area contributed by atoms with Gasteiger partial charge in [-0.3, -0.25) is 0 Å². The monoisotopic (exact) mass is 1150 g/mol. The second kappa shape index (κ2) is 41.2. The van der Waals surface area contributed by atoms with E-state index in [0.29, 0.717) is 25.7 Å². The zero-order valence-electron chi connectivity index (χ0n) is 47.7. The largest absolute Gasteiger partial charge is 0.394 e. The van der Waals surface area contributed by atoms with E-state index in [9.17, 15) is 81.7 Å². The minimum absolute atomic E-state index is 0.159. The molecule has 24 heteroatoms. The minimum atomic E-state index is -2.28. The lowest BCUT2D eigenvalue weighted by Crippen LogP contribution is -2.59. The van der Waals surface area contributed by atoms with Gasteiger partial charge in [0.15, 0.2) is 12.6 Å². The third-order valence-corrected chi connectivity index (χ3v) is 15.5. The van der Waals surface area contributed by atoms with Crippen molar-refractivity contribution in [2.45, 2.75) is 286 Å². The number of rotatable bonds is 48. The summed E-state index contributed by atoms with van der Waals surface area (Å²) in [5.74, 6) is 0. The molecule has 2 heterocycles. The van der Waals surface area contributed by atoms with E-state index in [2.05, 4.69) is 13.8 Å². The summed E-state index contributed by atoms with van der Waals surface area (Å²) in [6.45, 7) is 2.79. The van der Waals surface area contributed by atoms with E-state index in [1.165, 1.54) is 13.8 Å². The quantitative estimate of drug-likeness (QED) is 0.0290. The highest BCUT2D eigenvalue weighted by atomic mass is 16.7. The van der Waals surface area contributed by atoms with Crippen molar-refractivity contribution in [3.63, 3.8) is 0 Å². The Kier molecular flexibility index (Phi) is 38.6. The molecule has 0 saturated carbocycles. The summed E-state index contributed by atoms with van der Waals surface area (Å²) in [7, 11) is 0. The van der Waals surface area contributed by atoms with E-state index in [0.717, 1.165) is 103 Å². The molecule has 2 rings (SSSR count). The van der Waals surface area contributed by atoms with Gasteiger partial charge in [-0.2, -0.15) is 0 Å². The standard InChI is InChI=1S/C55H108O24/c1-5-7-9-11-13-15-17-19-21-24-54(34-74-52(48(68)69)76-38(28-56)36(3)60,32-72-50-46(66)44(64)42(62)40(30-58)78-50)26-23-27-55(25-22-20-18-16-14-12-10-8-6-2,35-75-53(49(70)71)77-39(29-57)37(4)61)33-73-51-47(67)45(65)43(63)41(31-59)79-51/h36-53,56-71H,5-35H2,1-4H3/t36-,37-,38?,39?,40?,41?,42?,43?,44?,45?,46?,47?,50?,51?,52?,53?,54?,55?/m0/s1. The average molecular weight is 1150 g/mol. The molecule has 0 aromatic rings. The van der Waals surface area contributed by atoms with Gasteiger partial charge in [0.25, 0.3) is 0 Å². The highest BCUT2D eigenvalue weighted by molar-refractivity contribution is 4.92. The predicted molar refractivity (Wildman–Crippen MR) is 285 cm³/mol. The van der Waals surface area contributed by atoms with Gasteiger partial charge >= 0.3 is 0 Å². The van der Waals surface area contributed by atoms with Gasteiger partial charge in [-0.15, -0.1) is 0 Å². The lowest BCUT2D eigenvalue weighted by Gasteiger charge is -2.43. The molecule has 472 valence electrons. The molecule has 0 aliphatic carbocycles. The Balaban J connectivity index is 2.77. The van der Waals surface area contributed by atoms with Crippen LogP contribution < -0.4 is 0 Å². The van der Waals surface area contributed by atoms with Crippen LogP contribution in [0.3, 0.4) is 0 Å². The summed E-state index contributed by atoms with van der Waals surface area (Å²) in [6, 6.07) is 0. The molecule has 0 aromatic heterocycles. The van der Waals surface area contributed by atoms with Crippen molar-refractivity contribution < 1.29 is 120 Å². The molecule has 0 aromatic carbocycles. The van der Waals surface area contributed by atoms with Crippen molar-refractivity contribution in [3.05, 3.63) is 0 Å². The van der Waals surface area contributed by atoms with Gasteiger partial charge in [0, 0.05) is 10.8 Å². The fraction of sp³-hybridized carbons (Fsp3) is 1.00. The first kappa shape index (κ1) is 74.1. The van der Waals surface area contributed by atoms with Crippen molar-refractivity contribution in [2.24, 2.45) is 10.8 Å². The van der Waals surface area contributed by atoms with Crippen molar-refractivity contribution in [3.8, 4) is 0 Å². The first-order valence-electron chi connectivity index (χ1n) is 29.4. The molecule has 0 spiro atoms. The van der Waals surface area contributed by atoms with E-state index in [1.54, 1.807) is 0 Å². The molecular weight excluding hydrogens is 1040 g/mol. The van der Waals surface area contributed by atoms with Crippen molar-refractivity contribution >= 4 is 0 Å². The number of hydrogen-bond acceptors (Lipinski definition) is 24. The second-order valence-electron chi connectivity index (χ2n) is 22.4. The highest BCUT2D eigenvalue weighted by Gasteiger charge is 2.48. The first-order valence-corrected chi connectivity index (χ1v) is 29.4. The Morgan fingerprint density at radius 2 is 0.696 bits per heavy atom. The van der Waals surface area contributed by atoms with Gasteiger partial charge < -0.3 is 120 Å². The van der Waals surface area contributed by atoms with E-state index in [1.807, 2.05) is 0 Å². The average Bonchev–Trinajstić information content (AvgIpc) is 3.43. The molecule has 2 fully saturated rings. The highest BCUT2D eigenvalue weighted by Crippen LogP contribution is 2.41. The molecule has 0 bridgehead atoms. The lowest BCUT2D eigenvalue weighted by molar-refractivity contribution is -0.315. The Hall–Kier alpha value is -0.960. The Labute approximate surface area is 468 Å². The van der Waals surface area contributed by atoms with Crippen molar-refractivity contribution in [2.75, 3.05) is 52.9 Å². The lowest BCUT2D eigenvalue weighted by atomic mass is 9.74. The number of aliphatic hydroxyl groups excluding tert-OH is 14. The van der Waals surface area contributed by atoms with Gasteiger partial charge in [0.05, 0.1) is 65.1 Å². The van der Waals surface area contributed by atoms with Gasteiger partial charge in [0.1, 0.15) is 61.0 Å². The summed E-state index contributed by atoms with van der Waals surface area (Å²) in [5, 5.41) is 168. The minimum Gasteiger partial charge on any atom is -0.394 e. The van der Waals surface area contributed by atoms with Gasteiger partial charge in [-0.05, 0) is 39.5 Å². The van der Waals surface area contributed by atoms with Crippen LogP contribution >= 0.6 is 0 Å². The third-order valence-electron chi connectivity index (χ3n) is 15.5. The third kappa shape index (κ3) is 26.9. The molecule has 18 atom stereocenters. The number of ether oxygens (including phenoxy) is 8. The molecule has 24 nitrogen and oxygen atoms in total. The fourth-order valence-corrected chi connectivity index (χ4v) is 10.2. The maximum absolute atomic E-state index is 11.1. The van der Waals surface area contributed by atoms with Crippen molar-refractivity contribution in [1.29, 1.82) is 0 Å². The van der Waals surface area contributed by atoms with Crippen LogP contribution in [-0.4, -0.2) is 246 Å². The fourth-order valence-electron chi connectivity index (χ4n) is 10.2. The van der Waals surface area contributed by atoms with Crippen LogP contribution in [0.1, 0.15) is 175 Å². The zero-order chi connectivity index (χ0) is 59.0. The summed E-state index contributed by atoms with van der Waals surface area (Å²) in [5.41, 5.74) is -2.34.